The fraction of sp³-hybridized carbons (Fsp3) is 0.726. The molecule has 26 heteroatoms. The molecule has 1 spiro atoms. The van der Waals surface area contributed by atoms with E-state index < -0.39 is 144 Å². The number of rotatable bonds is 8. The van der Waals surface area contributed by atoms with Crippen LogP contribution in [0.4, 0.5) is 13.2 Å². The van der Waals surface area contributed by atoms with Crippen molar-refractivity contribution in [3.8, 4) is 0 Å². The lowest BCUT2D eigenvalue weighted by Gasteiger charge is -2.40. The van der Waals surface area contributed by atoms with E-state index in [1.807, 2.05) is 6.92 Å². The monoisotopic (exact) mass is 1260 g/mol. The van der Waals surface area contributed by atoms with E-state index >= 15 is 9.59 Å². The first-order valence-corrected chi connectivity index (χ1v) is 31.7. The zero-order chi connectivity index (χ0) is 64.9. The molecule has 1 unspecified atom stereocenters. The number of benzene rings is 1. The first-order valence-electron chi connectivity index (χ1n) is 31.3. The highest BCUT2D eigenvalue weighted by Gasteiger charge is 2.50. The van der Waals surface area contributed by atoms with E-state index in [2.05, 4.69) is 16.0 Å². The Morgan fingerprint density at radius 2 is 1.22 bits per heavy atom. The smallest absolute Gasteiger partial charge is 0.344 e. The van der Waals surface area contributed by atoms with Crippen LogP contribution in [0.3, 0.4) is 0 Å². The number of halogens is 4. The molecule has 1 aromatic carbocycles. The van der Waals surface area contributed by atoms with Gasteiger partial charge in [-0.1, -0.05) is 95.7 Å². The number of nitrogens with one attached hydrogen (secondary N) is 3. The molecule has 2 aliphatic heterocycles. The number of carbonyl (C=O) groups excluding carboxylic acids is 11. The van der Waals surface area contributed by atoms with Gasteiger partial charge < -0.3 is 55.1 Å². The third-order valence-electron chi connectivity index (χ3n) is 19.0. The van der Waals surface area contributed by atoms with Crippen LogP contribution in [0.2, 0.25) is 5.02 Å². The molecular formula is C62H93ClF3N11O11. The number of carbonyl (C=O) groups is 11. The van der Waals surface area contributed by atoms with Crippen LogP contribution in [0, 0.1) is 17.8 Å². The Balaban J connectivity index is 1.34. The van der Waals surface area contributed by atoms with E-state index in [0.717, 1.165) is 71.8 Å². The van der Waals surface area contributed by atoms with Gasteiger partial charge in [-0.15, -0.1) is 0 Å². The summed E-state index contributed by atoms with van der Waals surface area (Å²) in [4.78, 5) is 168. The molecule has 0 bridgehead atoms. The lowest BCUT2D eigenvalue weighted by Crippen LogP contribution is -2.64. The predicted molar refractivity (Wildman–Crippen MR) is 321 cm³/mol. The number of hydrogen-bond donors (Lipinski definition) is 3. The summed E-state index contributed by atoms with van der Waals surface area (Å²) in [6.45, 7) is 1.64. The van der Waals surface area contributed by atoms with Crippen LogP contribution in [0.1, 0.15) is 147 Å². The summed E-state index contributed by atoms with van der Waals surface area (Å²) in [5, 5.41) is 8.01. The number of nitrogens with zero attached hydrogens (tertiary/aromatic N) is 8. The van der Waals surface area contributed by atoms with E-state index in [0.29, 0.717) is 44.1 Å². The molecule has 0 aromatic heterocycles. The van der Waals surface area contributed by atoms with Gasteiger partial charge in [0.1, 0.15) is 35.7 Å². The second-order valence-electron chi connectivity index (χ2n) is 25.4. The number of fused-ring (bicyclic) bond motifs is 1. The second-order valence-corrected chi connectivity index (χ2v) is 25.8. The summed E-state index contributed by atoms with van der Waals surface area (Å²) < 4.78 is 41.3. The molecule has 3 saturated carbocycles. The fourth-order valence-electron chi connectivity index (χ4n) is 13.2. The van der Waals surface area contributed by atoms with Crippen molar-refractivity contribution in [1.29, 1.82) is 0 Å². The number of likely N-dealkylation sites (N-methyl/N-ethyl adjacent to an activating group) is 7. The molecule has 2 saturated heterocycles. The molecule has 3 N–H and O–H groups in total. The van der Waals surface area contributed by atoms with Crippen LogP contribution in [-0.4, -0.2) is 229 Å². The topological polar surface area (TPSA) is 250 Å². The molecule has 2 heterocycles. The van der Waals surface area contributed by atoms with Crippen LogP contribution < -0.4 is 16.0 Å². The van der Waals surface area contributed by atoms with Gasteiger partial charge in [-0.3, -0.25) is 52.7 Å². The van der Waals surface area contributed by atoms with Gasteiger partial charge in [0, 0.05) is 68.8 Å². The van der Waals surface area contributed by atoms with E-state index in [9.17, 15) is 56.3 Å². The van der Waals surface area contributed by atoms with Gasteiger partial charge in [-0.2, -0.15) is 13.2 Å². The van der Waals surface area contributed by atoms with Crippen LogP contribution in [0.15, 0.2) is 18.2 Å². The summed E-state index contributed by atoms with van der Waals surface area (Å²) >= 11 is 6.11. The molecule has 3 aliphatic carbocycles. The molecule has 11 amide bonds. The van der Waals surface area contributed by atoms with Crippen LogP contribution >= 0.6 is 11.6 Å². The van der Waals surface area contributed by atoms with Crippen molar-refractivity contribution in [2.24, 2.45) is 17.8 Å². The van der Waals surface area contributed by atoms with E-state index in [-0.39, 0.29) is 75.8 Å². The Hall–Kier alpha value is -6.53. The summed E-state index contributed by atoms with van der Waals surface area (Å²) in [6.07, 6.45) is 4.93. The quantitative estimate of drug-likeness (QED) is 0.332. The SMILES string of the molecule is CCC(C)[C@@H]1NC(=O)CCN(C)C(=O)CN(C)C(=O)[C@H](C2CCCC2)N(C)C(=O)C2(CCCC2)NC(=O)[C@@H]2CCCN2C(=O)[C@H](CCc2ccc(C(F)(F)F)c(Cl)c2)NC(=O)CN(C)C(=O)[C@H](CC2CCCCC2)N(C)C(=O)CN(C)C(=O)CN(C)C1=O. The maximum atomic E-state index is 15.2. The van der Waals surface area contributed by atoms with Crippen LogP contribution in [0.5, 0.6) is 0 Å². The van der Waals surface area contributed by atoms with Crippen LogP contribution in [-0.2, 0) is 65.3 Å². The van der Waals surface area contributed by atoms with Crippen LogP contribution in [0.25, 0.3) is 0 Å². The summed E-state index contributed by atoms with van der Waals surface area (Å²) in [6, 6.07) is -2.52. The Labute approximate surface area is 520 Å². The second kappa shape index (κ2) is 31.3. The van der Waals surface area contributed by atoms with Crippen molar-refractivity contribution < 1.29 is 65.9 Å². The van der Waals surface area contributed by atoms with E-state index in [1.165, 1.54) is 79.9 Å². The highest BCUT2D eigenvalue weighted by molar-refractivity contribution is 6.31. The van der Waals surface area contributed by atoms with Gasteiger partial charge in [0.2, 0.25) is 65.0 Å². The normalized spacial score (nSPS) is 26.1. The molecule has 6 rings (SSSR count). The molecule has 0 radical (unpaired) electrons. The number of alkyl halides is 3. The third-order valence-corrected chi connectivity index (χ3v) is 19.3. The molecule has 5 aliphatic rings. The van der Waals surface area contributed by atoms with Gasteiger partial charge in [-0.05, 0) is 93.2 Å². The van der Waals surface area contributed by atoms with Crippen molar-refractivity contribution >= 4 is 76.6 Å². The highest BCUT2D eigenvalue weighted by Crippen LogP contribution is 2.38. The largest absolute Gasteiger partial charge is 0.417 e. The molecule has 88 heavy (non-hydrogen) atoms. The molecule has 22 nitrogen and oxygen atoms in total. The molecule has 1 aromatic rings. The Bertz CT molecular complexity index is 2720. The lowest BCUT2D eigenvalue weighted by molar-refractivity contribution is -0.153. The predicted octanol–water partition coefficient (Wildman–Crippen LogP) is 4.24. The zero-order valence-electron chi connectivity index (χ0n) is 52.8. The Morgan fingerprint density at radius 1 is 0.625 bits per heavy atom. The first-order chi connectivity index (χ1) is 41.5. The first kappa shape index (κ1) is 70.6. The van der Waals surface area contributed by atoms with E-state index in [4.69, 9.17) is 11.6 Å². The average molecular weight is 1260 g/mol. The summed E-state index contributed by atoms with van der Waals surface area (Å²) in [7, 11) is 10.1. The van der Waals surface area contributed by atoms with Gasteiger partial charge >= 0.3 is 6.18 Å². The maximum Gasteiger partial charge on any atom is 0.417 e. The van der Waals surface area contributed by atoms with Crippen molar-refractivity contribution in [3.63, 3.8) is 0 Å². The van der Waals surface area contributed by atoms with Crippen molar-refractivity contribution in [3.05, 3.63) is 34.3 Å². The van der Waals surface area contributed by atoms with Gasteiger partial charge in [0.15, 0.2) is 0 Å². The molecular weight excluding hydrogens is 1170 g/mol. The third kappa shape index (κ3) is 17.9. The van der Waals surface area contributed by atoms with Gasteiger partial charge in [-0.25, -0.2) is 0 Å². The van der Waals surface area contributed by atoms with Crippen molar-refractivity contribution in [1.82, 2.24) is 55.1 Å². The molecule has 490 valence electrons. The lowest BCUT2D eigenvalue weighted by atomic mass is 9.84. The number of aryl methyl sites for hydroxylation is 1. The van der Waals surface area contributed by atoms with E-state index in [1.54, 1.807) is 6.92 Å². The Morgan fingerprint density at radius 3 is 1.83 bits per heavy atom. The summed E-state index contributed by atoms with van der Waals surface area (Å²) in [5.74, 6) is -7.17. The van der Waals surface area contributed by atoms with Gasteiger partial charge in [0.25, 0.3) is 0 Å². The minimum Gasteiger partial charge on any atom is -0.344 e. The highest BCUT2D eigenvalue weighted by atomic mass is 35.5. The van der Waals surface area contributed by atoms with Gasteiger partial charge in [0.05, 0.1) is 36.8 Å². The molecule has 5 fully saturated rings. The van der Waals surface area contributed by atoms with Crippen molar-refractivity contribution in [2.45, 2.75) is 184 Å². The average Bonchev–Trinajstić information content (AvgIpc) is 2.12. The number of amides is 11. The zero-order valence-corrected chi connectivity index (χ0v) is 53.6. The Kier molecular flexibility index (Phi) is 25.1. The molecule has 6 atom stereocenters. The standard InChI is InChI=1S/C62H93ClF3N11O11/c1-10-39(2)53-58(86)73(6)37-51(81)71(4)38-52(82)75(8)47(34-40-19-12-11-13-20-40)57(85)72(5)35-49(79)67-45(27-25-41-24-26-43(44(63)33-41)62(64,65)66)56(84)77-31-18-23-46(77)55(83)69-61(29-16-17-30-61)60(88)76(9)54(42-21-14-15-22-42)59(87)74(7)36-50(80)70(3)32-28-48(78)68-53/h24,26,33,39-40,42,45-47,53-54H,10-23,25,27-32,34-38H2,1-9H3,(H,67,79)(H,68,78)(H,69,83)/t39?,45-,46-,47-,53-,54-/m0/s1. The number of hydrogen-bond acceptors (Lipinski definition) is 11. The minimum atomic E-state index is -4.74. The minimum absolute atomic E-state index is 0.0429. The maximum absolute atomic E-state index is 15.2. The van der Waals surface area contributed by atoms with Crippen molar-refractivity contribution in [2.75, 3.05) is 88.6 Å². The summed E-state index contributed by atoms with van der Waals surface area (Å²) in [5.41, 5.74) is -2.22. The fourth-order valence-corrected chi connectivity index (χ4v) is 13.6.